The zero-order valence-corrected chi connectivity index (χ0v) is 23.2. The number of hydrogen-bond donors (Lipinski definition) is 3. The van der Waals surface area contributed by atoms with Crippen LogP contribution in [0.3, 0.4) is 0 Å². The highest BCUT2D eigenvalue weighted by Gasteiger charge is 2.55. The lowest BCUT2D eigenvalue weighted by Crippen LogP contribution is -2.63. The van der Waals surface area contributed by atoms with E-state index in [4.69, 9.17) is 19.2 Å². The molecule has 9 nitrogen and oxygen atoms in total. The summed E-state index contributed by atoms with van der Waals surface area (Å²) < 4.78 is 17.3. The van der Waals surface area contributed by atoms with Gasteiger partial charge in [-0.15, -0.1) is 0 Å². The van der Waals surface area contributed by atoms with Crippen molar-refractivity contribution in [2.24, 2.45) is 23.2 Å². The number of anilines is 2. The number of benzene rings is 1. The Morgan fingerprint density at radius 2 is 1.82 bits per heavy atom. The number of nitriles is 1. The van der Waals surface area contributed by atoms with Crippen LogP contribution in [0.5, 0.6) is 5.75 Å². The minimum absolute atomic E-state index is 0.249. The van der Waals surface area contributed by atoms with E-state index in [2.05, 4.69) is 27.0 Å². The number of aromatic nitrogens is 2. The molecule has 1 aromatic carbocycles. The van der Waals surface area contributed by atoms with Crippen LogP contribution in [0.2, 0.25) is 0 Å². The highest BCUT2D eigenvalue weighted by Crippen LogP contribution is 2.60. The van der Waals surface area contributed by atoms with E-state index in [0.29, 0.717) is 55.0 Å². The molecule has 39 heavy (non-hydrogen) atoms. The van der Waals surface area contributed by atoms with E-state index in [1.54, 1.807) is 13.3 Å². The smallest absolute Gasteiger partial charge is 0.224 e. The summed E-state index contributed by atoms with van der Waals surface area (Å²) in [6.45, 7) is 6.75. The second-order valence-electron chi connectivity index (χ2n) is 12.5. The number of rotatable bonds is 9. The first kappa shape index (κ1) is 26.3. The SMILES string of the molecule is COc1ccccc1CNc1ncc(C#N)c(NCC23CC4C[C@H](C2)C(NC2COC(C)(C)OC2)[C@@H](C4)C3)n1. The van der Waals surface area contributed by atoms with Gasteiger partial charge in [0.15, 0.2) is 5.79 Å². The molecule has 3 N–H and O–H groups in total. The molecule has 0 radical (unpaired) electrons. The molecule has 1 aromatic heterocycles. The Bertz CT molecular complexity index is 1200. The van der Waals surface area contributed by atoms with Crippen molar-refractivity contribution in [3.63, 3.8) is 0 Å². The Balaban J connectivity index is 1.10. The third kappa shape index (κ3) is 5.56. The van der Waals surface area contributed by atoms with Crippen molar-refractivity contribution >= 4 is 11.8 Å². The van der Waals surface area contributed by atoms with Gasteiger partial charge in [-0.05, 0) is 75.2 Å². The van der Waals surface area contributed by atoms with Crippen LogP contribution in [-0.4, -0.2) is 54.7 Å². The van der Waals surface area contributed by atoms with Gasteiger partial charge in [0.25, 0.3) is 0 Å². The summed E-state index contributed by atoms with van der Waals surface area (Å²) in [6.07, 6.45) is 7.89. The van der Waals surface area contributed by atoms with Gasteiger partial charge in [0.2, 0.25) is 5.95 Å². The van der Waals surface area contributed by atoms with Crippen LogP contribution in [0.1, 0.15) is 57.1 Å². The van der Waals surface area contributed by atoms with Gasteiger partial charge in [-0.1, -0.05) is 18.2 Å². The fourth-order valence-electron chi connectivity index (χ4n) is 7.72. The zero-order chi connectivity index (χ0) is 27.0. The molecule has 4 aliphatic carbocycles. The first-order chi connectivity index (χ1) is 18.9. The largest absolute Gasteiger partial charge is 0.496 e. The fourth-order valence-corrected chi connectivity index (χ4v) is 7.72. The number of hydrogen-bond acceptors (Lipinski definition) is 9. The molecule has 1 saturated heterocycles. The molecule has 4 saturated carbocycles. The van der Waals surface area contributed by atoms with Gasteiger partial charge in [0.1, 0.15) is 23.2 Å². The molecule has 2 heterocycles. The predicted molar refractivity (Wildman–Crippen MR) is 148 cm³/mol. The molecule has 208 valence electrons. The topological polar surface area (TPSA) is 113 Å². The van der Waals surface area contributed by atoms with Crippen molar-refractivity contribution in [1.29, 1.82) is 5.26 Å². The highest BCUT2D eigenvalue weighted by atomic mass is 16.7. The highest BCUT2D eigenvalue weighted by molar-refractivity contribution is 5.53. The molecule has 1 aliphatic heterocycles. The van der Waals surface area contributed by atoms with Crippen molar-refractivity contribution in [3.8, 4) is 11.8 Å². The third-order valence-electron chi connectivity index (χ3n) is 9.26. The van der Waals surface area contributed by atoms with E-state index in [9.17, 15) is 5.26 Å². The number of nitrogens with one attached hydrogen (secondary N) is 3. The molecule has 0 amide bonds. The number of nitrogens with zero attached hydrogens (tertiary/aromatic N) is 3. The molecule has 9 heteroatoms. The van der Waals surface area contributed by atoms with Crippen molar-refractivity contribution in [3.05, 3.63) is 41.6 Å². The average molecular weight is 533 g/mol. The average Bonchev–Trinajstić information content (AvgIpc) is 2.93. The minimum atomic E-state index is -0.481. The lowest BCUT2D eigenvalue weighted by Gasteiger charge is -2.61. The molecule has 5 atom stereocenters. The van der Waals surface area contributed by atoms with Crippen molar-refractivity contribution in [2.45, 2.75) is 70.4 Å². The lowest BCUT2D eigenvalue weighted by atomic mass is 9.48. The maximum atomic E-state index is 9.73. The van der Waals surface area contributed by atoms with Crippen LogP contribution in [-0.2, 0) is 16.0 Å². The quantitative estimate of drug-likeness (QED) is 0.435. The van der Waals surface area contributed by atoms with Crippen molar-refractivity contribution in [1.82, 2.24) is 15.3 Å². The number of ether oxygens (including phenoxy) is 3. The van der Waals surface area contributed by atoms with Crippen LogP contribution < -0.4 is 20.7 Å². The van der Waals surface area contributed by atoms with E-state index in [-0.39, 0.29) is 11.5 Å². The summed E-state index contributed by atoms with van der Waals surface area (Å²) >= 11 is 0. The Hall–Kier alpha value is -2.93. The molecular formula is C30H40N6O3. The van der Waals surface area contributed by atoms with Gasteiger partial charge in [-0.2, -0.15) is 10.2 Å². The van der Waals surface area contributed by atoms with Gasteiger partial charge in [-0.25, -0.2) is 4.98 Å². The van der Waals surface area contributed by atoms with Crippen molar-refractivity contribution in [2.75, 3.05) is 37.5 Å². The molecular weight excluding hydrogens is 492 g/mol. The standard InChI is InChI=1S/C30H40N6O3/c1-29(2)38-16-24(17-39-29)35-26-21-8-19-9-22(26)12-30(10-19,11-21)18-34-27-23(13-31)15-33-28(36-27)32-14-20-6-4-5-7-25(20)37-3/h4-7,15,19,21-22,24,26,35H,8-12,14,16-18H2,1-3H3,(H2,32,33,34,36)/t19?,21-,22+,26?,30?. The second-order valence-corrected chi connectivity index (χ2v) is 12.5. The monoisotopic (exact) mass is 532 g/mol. The molecule has 0 spiro atoms. The van der Waals surface area contributed by atoms with Crippen LogP contribution in [0.15, 0.2) is 30.5 Å². The fraction of sp³-hybridized carbons (Fsp3) is 0.633. The van der Waals surface area contributed by atoms with E-state index < -0.39 is 5.79 Å². The Morgan fingerprint density at radius 3 is 2.54 bits per heavy atom. The Labute approximate surface area is 231 Å². The predicted octanol–water partition coefficient (Wildman–Crippen LogP) is 4.32. The van der Waals surface area contributed by atoms with Gasteiger partial charge in [0.05, 0.1) is 32.6 Å². The maximum absolute atomic E-state index is 9.73. The van der Waals surface area contributed by atoms with E-state index in [1.807, 2.05) is 38.1 Å². The van der Waals surface area contributed by atoms with Crippen LogP contribution in [0, 0.1) is 34.5 Å². The molecule has 2 aromatic rings. The van der Waals surface area contributed by atoms with E-state index >= 15 is 0 Å². The molecule has 4 bridgehead atoms. The molecule has 5 aliphatic rings. The van der Waals surface area contributed by atoms with Gasteiger partial charge < -0.3 is 30.2 Å². The first-order valence-electron chi connectivity index (χ1n) is 14.3. The normalized spacial score (nSPS) is 31.0. The van der Waals surface area contributed by atoms with Crippen molar-refractivity contribution < 1.29 is 14.2 Å². The molecule has 3 unspecified atom stereocenters. The Morgan fingerprint density at radius 1 is 1.08 bits per heavy atom. The first-order valence-corrected chi connectivity index (χ1v) is 14.3. The van der Waals surface area contributed by atoms with Gasteiger partial charge in [-0.3, -0.25) is 0 Å². The molecule has 5 fully saturated rings. The minimum Gasteiger partial charge on any atom is -0.496 e. The second kappa shape index (κ2) is 10.6. The van der Waals surface area contributed by atoms with E-state index in [0.717, 1.165) is 23.8 Å². The third-order valence-corrected chi connectivity index (χ3v) is 9.26. The summed E-state index contributed by atoms with van der Waals surface area (Å²) in [5.41, 5.74) is 1.75. The molecule has 7 rings (SSSR count). The summed E-state index contributed by atoms with van der Waals surface area (Å²) in [5, 5.41) is 20.6. The number of methoxy groups -OCH3 is 1. The van der Waals surface area contributed by atoms with E-state index in [1.165, 1.54) is 32.1 Å². The lowest BCUT2D eigenvalue weighted by molar-refractivity contribution is -0.255. The summed E-state index contributed by atoms with van der Waals surface area (Å²) in [5.74, 6) is 3.58. The van der Waals surface area contributed by atoms with Gasteiger partial charge >= 0.3 is 0 Å². The van der Waals surface area contributed by atoms with Gasteiger partial charge in [0, 0.05) is 24.7 Å². The van der Waals surface area contributed by atoms with Crippen LogP contribution in [0.4, 0.5) is 11.8 Å². The summed E-state index contributed by atoms with van der Waals surface area (Å²) in [6, 6.07) is 10.9. The summed E-state index contributed by atoms with van der Waals surface area (Å²) in [4.78, 5) is 9.07. The maximum Gasteiger partial charge on any atom is 0.224 e. The summed E-state index contributed by atoms with van der Waals surface area (Å²) in [7, 11) is 1.67. The Kier molecular flexibility index (Phi) is 7.13. The zero-order valence-electron chi connectivity index (χ0n) is 23.2. The van der Waals surface area contributed by atoms with Crippen LogP contribution in [0.25, 0.3) is 0 Å². The van der Waals surface area contributed by atoms with Crippen LogP contribution >= 0.6 is 0 Å². The number of para-hydroxylation sites is 1.